The fourth-order valence-corrected chi connectivity index (χ4v) is 6.03. The zero-order chi connectivity index (χ0) is 20.6. The third-order valence-electron chi connectivity index (χ3n) is 4.86. The van der Waals surface area contributed by atoms with Gasteiger partial charge in [0.1, 0.15) is 10.7 Å². The van der Waals surface area contributed by atoms with Crippen LogP contribution in [0.25, 0.3) is 11.3 Å². The first-order chi connectivity index (χ1) is 13.8. The van der Waals surface area contributed by atoms with Crippen LogP contribution in [0.1, 0.15) is 5.56 Å². The van der Waals surface area contributed by atoms with Gasteiger partial charge in [-0.1, -0.05) is 41.4 Å². The number of benzene rings is 2. The van der Waals surface area contributed by atoms with Crippen LogP contribution in [-0.2, 0) is 10.0 Å². The molecule has 0 radical (unpaired) electrons. The number of hydrogen-bond acceptors (Lipinski definition) is 5. The van der Waals surface area contributed by atoms with Gasteiger partial charge in [-0.15, -0.1) is 11.3 Å². The molecule has 0 aliphatic carbocycles. The van der Waals surface area contributed by atoms with Gasteiger partial charge in [0.05, 0.1) is 10.7 Å². The molecule has 1 aromatic heterocycles. The molecule has 2 heterocycles. The van der Waals surface area contributed by atoms with Crippen molar-refractivity contribution in [3.8, 4) is 11.3 Å². The van der Waals surface area contributed by atoms with E-state index in [0.717, 1.165) is 28.5 Å². The Bertz CT molecular complexity index is 1120. The van der Waals surface area contributed by atoms with Crippen molar-refractivity contribution in [2.45, 2.75) is 11.8 Å². The average molecular weight is 452 g/mol. The molecule has 9 heteroatoms. The molecule has 0 bridgehead atoms. The zero-order valence-electron chi connectivity index (χ0n) is 15.7. The minimum atomic E-state index is -3.77. The molecule has 0 N–H and O–H groups in total. The molecule has 152 valence electrons. The summed E-state index contributed by atoms with van der Waals surface area (Å²) in [5.74, 6) is -0.563. The number of rotatable bonds is 4. The highest BCUT2D eigenvalue weighted by Crippen LogP contribution is 2.30. The van der Waals surface area contributed by atoms with E-state index in [9.17, 15) is 12.8 Å². The van der Waals surface area contributed by atoms with E-state index in [1.54, 1.807) is 11.3 Å². The van der Waals surface area contributed by atoms with Gasteiger partial charge in [0.15, 0.2) is 5.13 Å². The molecule has 1 aliphatic rings. The summed E-state index contributed by atoms with van der Waals surface area (Å²) >= 11 is 7.51. The van der Waals surface area contributed by atoms with Gasteiger partial charge in [0.25, 0.3) is 0 Å². The summed E-state index contributed by atoms with van der Waals surface area (Å²) in [5.41, 5.74) is 3.17. The van der Waals surface area contributed by atoms with Gasteiger partial charge in [-0.25, -0.2) is 17.8 Å². The van der Waals surface area contributed by atoms with Gasteiger partial charge in [0.2, 0.25) is 10.0 Å². The molecule has 1 aliphatic heterocycles. The zero-order valence-corrected chi connectivity index (χ0v) is 18.1. The molecule has 29 heavy (non-hydrogen) atoms. The lowest BCUT2D eigenvalue weighted by molar-refractivity contribution is 0.384. The summed E-state index contributed by atoms with van der Waals surface area (Å²) in [6.45, 7) is 3.73. The number of aromatic nitrogens is 1. The van der Waals surface area contributed by atoms with Crippen molar-refractivity contribution in [1.29, 1.82) is 0 Å². The molecule has 0 unspecified atom stereocenters. The smallest absolute Gasteiger partial charge is 0.244 e. The fourth-order valence-electron chi connectivity index (χ4n) is 3.21. The van der Waals surface area contributed by atoms with Crippen LogP contribution in [0, 0.1) is 12.7 Å². The van der Waals surface area contributed by atoms with Gasteiger partial charge in [-0.2, -0.15) is 4.31 Å². The van der Waals surface area contributed by atoms with E-state index >= 15 is 0 Å². The topological polar surface area (TPSA) is 53.5 Å². The first kappa shape index (κ1) is 20.3. The lowest BCUT2D eigenvalue weighted by Crippen LogP contribution is -2.48. The largest absolute Gasteiger partial charge is 0.345 e. The molecule has 3 aromatic rings. The van der Waals surface area contributed by atoms with E-state index in [0.29, 0.717) is 26.2 Å². The van der Waals surface area contributed by atoms with Crippen LogP contribution in [0.2, 0.25) is 5.02 Å². The first-order valence-corrected chi connectivity index (χ1v) is 11.8. The second-order valence-electron chi connectivity index (χ2n) is 6.85. The van der Waals surface area contributed by atoms with Crippen molar-refractivity contribution in [3.05, 3.63) is 64.2 Å². The van der Waals surface area contributed by atoms with Crippen LogP contribution >= 0.6 is 22.9 Å². The molecule has 5 nitrogen and oxygen atoms in total. The van der Waals surface area contributed by atoms with Gasteiger partial charge >= 0.3 is 0 Å². The number of hydrogen-bond donors (Lipinski definition) is 0. The number of nitrogens with zero attached hydrogens (tertiary/aromatic N) is 3. The molecule has 2 aromatic carbocycles. The number of anilines is 1. The lowest BCUT2D eigenvalue weighted by Gasteiger charge is -2.33. The second-order valence-corrected chi connectivity index (χ2v) is 10.00. The Labute approximate surface area is 178 Å². The van der Waals surface area contributed by atoms with Crippen molar-refractivity contribution in [2.24, 2.45) is 0 Å². The minimum absolute atomic E-state index is 0.0649. The van der Waals surface area contributed by atoms with Crippen molar-refractivity contribution < 1.29 is 12.8 Å². The van der Waals surface area contributed by atoms with Crippen LogP contribution in [0.4, 0.5) is 9.52 Å². The summed E-state index contributed by atoms with van der Waals surface area (Å²) in [4.78, 5) is 6.74. The Kier molecular flexibility index (Phi) is 5.61. The van der Waals surface area contributed by atoms with Crippen LogP contribution in [0.5, 0.6) is 0 Å². The maximum absolute atomic E-state index is 13.3. The predicted octanol–water partition coefficient (Wildman–Crippen LogP) is 4.42. The number of piperazine rings is 1. The highest BCUT2D eigenvalue weighted by molar-refractivity contribution is 7.89. The quantitative estimate of drug-likeness (QED) is 0.589. The Balaban J connectivity index is 1.46. The van der Waals surface area contributed by atoms with E-state index < -0.39 is 15.8 Å². The summed E-state index contributed by atoms with van der Waals surface area (Å²) in [6, 6.07) is 11.5. The van der Waals surface area contributed by atoms with E-state index in [4.69, 9.17) is 16.6 Å². The number of aryl methyl sites for hydroxylation is 1. The summed E-state index contributed by atoms with van der Waals surface area (Å²) in [6.07, 6.45) is 0. The Morgan fingerprint density at radius 1 is 1.07 bits per heavy atom. The van der Waals surface area contributed by atoms with Gasteiger partial charge < -0.3 is 4.90 Å². The van der Waals surface area contributed by atoms with Gasteiger partial charge in [-0.3, -0.25) is 0 Å². The molecule has 0 atom stereocenters. The second kappa shape index (κ2) is 8.02. The van der Waals surface area contributed by atoms with Crippen LogP contribution < -0.4 is 4.90 Å². The van der Waals surface area contributed by atoms with Crippen LogP contribution in [0.15, 0.2) is 52.7 Å². The molecule has 4 rings (SSSR count). The molecular formula is C20H19ClFN3O2S2. The molecule has 0 amide bonds. The third-order valence-corrected chi connectivity index (χ3v) is 8.14. The highest BCUT2D eigenvalue weighted by atomic mass is 35.5. The van der Waals surface area contributed by atoms with Crippen molar-refractivity contribution >= 4 is 38.1 Å². The normalized spacial score (nSPS) is 15.6. The number of sulfonamides is 1. The maximum Gasteiger partial charge on any atom is 0.244 e. The Hall–Kier alpha value is -2.00. The molecular weight excluding hydrogens is 433 g/mol. The minimum Gasteiger partial charge on any atom is -0.345 e. The Morgan fingerprint density at radius 2 is 1.76 bits per heavy atom. The average Bonchev–Trinajstić information content (AvgIpc) is 3.18. The lowest BCUT2D eigenvalue weighted by atomic mass is 10.1. The summed E-state index contributed by atoms with van der Waals surface area (Å²) in [5, 5.41) is 2.79. The monoisotopic (exact) mass is 451 g/mol. The predicted molar refractivity (Wildman–Crippen MR) is 115 cm³/mol. The van der Waals surface area contributed by atoms with E-state index in [-0.39, 0.29) is 9.92 Å². The molecule has 1 fully saturated rings. The van der Waals surface area contributed by atoms with Crippen LogP contribution in [-0.4, -0.2) is 43.9 Å². The first-order valence-electron chi connectivity index (χ1n) is 9.07. The maximum atomic E-state index is 13.3. The SMILES string of the molecule is Cc1ccc(-c2csc(N3CCN(S(=O)(=O)c4ccc(F)cc4Cl)CC3)n2)cc1. The molecule has 1 saturated heterocycles. The third kappa shape index (κ3) is 4.16. The van der Waals surface area contributed by atoms with E-state index in [2.05, 4.69) is 17.0 Å². The highest BCUT2D eigenvalue weighted by Gasteiger charge is 2.31. The van der Waals surface area contributed by atoms with Crippen molar-refractivity contribution in [1.82, 2.24) is 9.29 Å². The summed E-state index contributed by atoms with van der Waals surface area (Å²) < 4.78 is 40.4. The number of halogens is 2. The van der Waals surface area contributed by atoms with E-state index in [1.807, 2.05) is 24.4 Å². The molecule has 0 spiro atoms. The summed E-state index contributed by atoms with van der Waals surface area (Å²) in [7, 11) is -3.77. The fraction of sp³-hybridized carbons (Fsp3) is 0.250. The Morgan fingerprint density at radius 3 is 2.41 bits per heavy atom. The molecule has 0 saturated carbocycles. The van der Waals surface area contributed by atoms with E-state index in [1.165, 1.54) is 15.9 Å². The van der Waals surface area contributed by atoms with Gasteiger partial charge in [0, 0.05) is 37.1 Å². The standard InChI is InChI=1S/C20H19ClFN3O2S2/c1-14-2-4-15(5-3-14)18-13-28-20(23-18)24-8-10-25(11-9-24)29(26,27)19-7-6-16(22)12-17(19)21/h2-7,12-13H,8-11H2,1H3. The van der Waals surface area contributed by atoms with Crippen molar-refractivity contribution in [2.75, 3.05) is 31.1 Å². The van der Waals surface area contributed by atoms with Crippen molar-refractivity contribution in [3.63, 3.8) is 0 Å². The van der Waals surface area contributed by atoms with Gasteiger partial charge in [-0.05, 0) is 25.1 Å². The van der Waals surface area contributed by atoms with Crippen LogP contribution in [0.3, 0.4) is 0 Å². The number of thiazole rings is 1.